The first-order valence-corrected chi connectivity index (χ1v) is 13.5. The fourth-order valence-electron chi connectivity index (χ4n) is 6.50. The van der Waals surface area contributed by atoms with E-state index in [4.69, 9.17) is 4.42 Å². The van der Waals surface area contributed by atoms with Crippen molar-refractivity contribution in [1.29, 1.82) is 0 Å². The lowest BCUT2D eigenvalue weighted by Crippen LogP contribution is -2.15. The molecular weight excluding hydrogens is 474 g/mol. The third-order valence-corrected chi connectivity index (χ3v) is 8.44. The van der Waals surface area contributed by atoms with Crippen LogP contribution in [0.15, 0.2) is 126 Å². The van der Waals surface area contributed by atoms with E-state index in [9.17, 15) is 0 Å². The molecule has 39 heavy (non-hydrogen) atoms. The van der Waals surface area contributed by atoms with E-state index in [-0.39, 0.29) is 5.41 Å². The summed E-state index contributed by atoms with van der Waals surface area (Å²) < 4.78 is 6.24. The summed E-state index contributed by atoms with van der Waals surface area (Å²) in [5, 5.41) is 8.55. The summed E-state index contributed by atoms with van der Waals surface area (Å²) in [5.41, 5.74) is 11.7. The third-order valence-electron chi connectivity index (χ3n) is 8.44. The van der Waals surface area contributed by atoms with Gasteiger partial charge in [-0.3, -0.25) is 0 Å². The number of benzene rings is 6. The summed E-state index contributed by atoms with van der Waals surface area (Å²) in [7, 11) is 0. The molecule has 0 saturated heterocycles. The van der Waals surface area contributed by atoms with Gasteiger partial charge in [-0.05, 0) is 75.0 Å². The maximum Gasteiger partial charge on any atom is 0.136 e. The van der Waals surface area contributed by atoms with Crippen molar-refractivity contribution in [3.05, 3.63) is 132 Å². The number of furan rings is 1. The Morgan fingerprint density at radius 2 is 1.23 bits per heavy atom. The van der Waals surface area contributed by atoms with Crippen molar-refractivity contribution in [2.75, 3.05) is 5.32 Å². The molecule has 2 heteroatoms. The van der Waals surface area contributed by atoms with Crippen LogP contribution in [0.3, 0.4) is 0 Å². The summed E-state index contributed by atoms with van der Waals surface area (Å²) in [6.07, 6.45) is 0. The van der Waals surface area contributed by atoms with Crippen LogP contribution in [0.25, 0.3) is 55.0 Å². The molecule has 0 spiro atoms. The van der Waals surface area contributed by atoms with E-state index in [1.165, 1.54) is 38.6 Å². The molecule has 2 nitrogen and oxygen atoms in total. The third kappa shape index (κ3) is 3.28. The Balaban J connectivity index is 1.33. The zero-order chi connectivity index (χ0) is 26.1. The normalized spacial score (nSPS) is 13.6. The van der Waals surface area contributed by atoms with Gasteiger partial charge in [-0.1, -0.05) is 98.8 Å². The van der Waals surface area contributed by atoms with Gasteiger partial charge in [0.25, 0.3) is 0 Å². The van der Waals surface area contributed by atoms with Crippen LogP contribution >= 0.6 is 0 Å². The van der Waals surface area contributed by atoms with E-state index in [0.29, 0.717) is 0 Å². The van der Waals surface area contributed by atoms with E-state index in [2.05, 4.69) is 128 Å². The van der Waals surface area contributed by atoms with Gasteiger partial charge in [-0.25, -0.2) is 0 Å². The van der Waals surface area contributed by atoms with Crippen molar-refractivity contribution in [1.82, 2.24) is 0 Å². The van der Waals surface area contributed by atoms with Gasteiger partial charge in [0.2, 0.25) is 0 Å². The average Bonchev–Trinajstić information content (AvgIpc) is 3.45. The van der Waals surface area contributed by atoms with Gasteiger partial charge in [0.1, 0.15) is 11.2 Å². The Hall–Kier alpha value is -4.82. The smallest absolute Gasteiger partial charge is 0.136 e. The van der Waals surface area contributed by atoms with Gasteiger partial charge in [0, 0.05) is 33.1 Å². The van der Waals surface area contributed by atoms with Crippen LogP contribution in [0.2, 0.25) is 0 Å². The molecule has 7 aromatic rings. The van der Waals surface area contributed by atoms with Crippen molar-refractivity contribution in [2.45, 2.75) is 19.3 Å². The summed E-state index contributed by atoms with van der Waals surface area (Å²) in [4.78, 5) is 0. The number of hydrogen-bond acceptors (Lipinski definition) is 2. The molecule has 0 aliphatic heterocycles. The molecule has 0 fully saturated rings. The first-order valence-electron chi connectivity index (χ1n) is 13.5. The topological polar surface area (TPSA) is 25.2 Å². The fraction of sp³-hybridized carbons (Fsp3) is 0.0811. The lowest BCUT2D eigenvalue weighted by atomic mass is 9.82. The number of anilines is 2. The maximum absolute atomic E-state index is 6.24. The number of fused-ring (bicyclic) bond motifs is 7. The highest BCUT2D eigenvalue weighted by atomic mass is 16.3. The minimum Gasteiger partial charge on any atom is -0.456 e. The molecule has 0 unspecified atom stereocenters. The quantitative estimate of drug-likeness (QED) is 0.260. The summed E-state index contributed by atoms with van der Waals surface area (Å²) in [6.45, 7) is 4.65. The molecule has 0 radical (unpaired) electrons. The molecule has 1 heterocycles. The molecule has 8 rings (SSSR count). The van der Waals surface area contributed by atoms with E-state index in [0.717, 1.165) is 38.9 Å². The molecule has 0 amide bonds. The lowest BCUT2D eigenvalue weighted by molar-refractivity contribution is 0.660. The van der Waals surface area contributed by atoms with Crippen molar-refractivity contribution in [3.8, 4) is 22.3 Å². The van der Waals surface area contributed by atoms with Crippen LogP contribution in [0.5, 0.6) is 0 Å². The molecule has 1 aromatic heterocycles. The Kier molecular flexibility index (Phi) is 4.60. The second-order valence-corrected chi connectivity index (χ2v) is 11.1. The largest absolute Gasteiger partial charge is 0.456 e. The summed E-state index contributed by atoms with van der Waals surface area (Å²) in [6, 6.07) is 43.4. The number of rotatable bonds is 3. The molecule has 1 aliphatic rings. The Labute approximate surface area is 227 Å². The fourth-order valence-corrected chi connectivity index (χ4v) is 6.50. The number of hydrogen-bond donors (Lipinski definition) is 1. The second-order valence-electron chi connectivity index (χ2n) is 11.1. The first-order chi connectivity index (χ1) is 19.1. The molecule has 0 saturated carbocycles. The second kappa shape index (κ2) is 8.09. The van der Waals surface area contributed by atoms with E-state index >= 15 is 0 Å². The Morgan fingerprint density at radius 3 is 2.13 bits per heavy atom. The van der Waals surface area contributed by atoms with Crippen LogP contribution in [0.4, 0.5) is 11.4 Å². The maximum atomic E-state index is 6.24. The molecule has 186 valence electrons. The van der Waals surface area contributed by atoms with Gasteiger partial charge in [0.05, 0.1) is 0 Å². The monoisotopic (exact) mass is 501 g/mol. The highest BCUT2D eigenvalue weighted by molar-refractivity contribution is 6.14. The van der Waals surface area contributed by atoms with Crippen LogP contribution in [-0.2, 0) is 5.41 Å². The molecule has 1 aliphatic carbocycles. The standard InChI is InChI=1S/C37H27NO/c1-37(2)31-15-7-5-12-26(31)27-19-18-25(22-32(27)37)38-33-21-24-11-4-3-10-23(24)20-30(33)28-14-9-17-35-36(28)29-13-6-8-16-34(29)39-35/h3-22,38H,1-2H3. The van der Waals surface area contributed by atoms with Crippen molar-refractivity contribution >= 4 is 44.1 Å². The summed E-state index contributed by atoms with van der Waals surface area (Å²) in [5.74, 6) is 0. The molecule has 1 N–H and O–H groups in total. The predicted molar refractivity (Wildman–Crippen MR) is 164 cm³/mol. The Bertz CT molecular complexity index is 2080. The van der Waals surface area contributed by atoms with Crippen LogP contribution in [-0.4, -0.2) is 0 Å². The zero-order valence-corrected chi connectivity index (χ0v) is 22.0. The first kappa shape index (κ1) is 22.2. The number of para-hydroxylation sites is 1. The van der Waals surface area contributed by atoms with Crippen LogP contribution in [0.1, 0.15) is 25.0 Å². The van der Waals surface area contributed by atoms with Crippen molar-refractivity contribution in [3.63, 3.8) is 0 Å². The van der Waals surface area contributed by atoms with Crippen LogP contribution in [0, 0.1) is 0 Å². The average molecular weight is 502 g/mol. The van der Waals surface area contributed by atoms with Gasteiger partial charge >= 0.3 is 0 Å². The van der Waals surface area contributed by atoms with Gasteiger partial charge in [-0.2, -0.15) is 0 Å². The van der Waals surface area contributed by atoms with E-state index < -0.39 is 0 Å². The van der Waals surface area contributed by atoms with Gasteiger partial charge in [0.15, 0.2) is 0 Å². The van der Waals surface area contributed by atoms with Crippen LogP contribution < -0.4 is 5.32 Å². The Morgan fingerprint density at radius 1 is 0.538 bits per heavy atom. The van der Waals surface area contributed by atoms with Gasteiger partial charge in [-0.15, -0.1) is 0 Å². The van der Waals surface area contributed by atoms with E-state index in [1.54, 1.807) is 0 Å². The highest BCUT2D eigenvalue weighted by Crippen LogP contribution is 2.50. The highest BCUT2D eigenvalue weighted by Gasteiger charge is 2.35. The van der Waals surface area contributed by atoms with Crippen molar-refractivity contribution < 1.29 is 4.42 Å². The zero-order valence-electron chi connectivity index (χ0n) is 22.0. The molecule has 0 atom stereocenters. The SMILES string of the molecule is CC1(C)c2ccccc2-c2ccc(Nc3cc4ccccc4cc3-c3cccc4oc5ccccc5c34)cc21. The minimum atomic E-state index is -0.0445. The minimum absolute atomic E-state index is 0.0445. The predicted octanol–water partition coefficient (Wildman–Crippen LogP) is 10.5. The van der Waals surface area contributed by atoms with E-state index in [1.807, 2.05) is 12.1 Å². The summed E-state index contributed by atoms with van der Waals surface area (Å²) >= 11 is 0. The molecule has 0 bridgehead atoms. The number of nitrogens with one attached hydrogen (secondary N) is 1. The molecule has 6 aromatic carbocycles. The lowest BCUT2D eigenvalue weighted by Gasteiger charge is -2.22. The van der Waals surface area contributed by atoms with Gasteiger partial charge < -0.3 is 9.73 Å². The van der Waals surface area contributed by atoms with Crippen molar-refractivity contribution in [2.24, 2.45) is 0 Å². The molecular formula is C37H27NO.